The third kappa shape index (κ3) is 7.80. The fourth-order valence-corrected chi connectivity index (χ4v) is 1.67. The minimum absolute atomic E-state index is 0.0715. The van der Waals surface area contributed by atoms with E-state index in [2.05, 4.69) is 0 Å². The lowest BCUT2D eigenvalue weighted by molar-refractivity contribution is -0.139. The van der Waals surface area contributed by atoms with Crippen LogP contribution in [0.4, 0.5) is 0 Å². The van der Waals surface area contributed by atoms with Gasteiger partial charge in [-0.25, -0.2) is 0 Å². The summed E-state index contributed by atoms with van der Waals surface area (Å²) in [5.74, 6) is -3.60. The molecule has 0 rings (SSSR count). The molecule has 0 aromatic rings. The number of rotatable bonds is 10. The molecule has 0 amide bonds. The Labute approximate surface area is 113 Å². The molecule has 0 aliphatic carbocycles. The molecule has 0 radical (unpaired) electrons. The molecule has 0 heterocycles. The van der Waals surface area contributed by atoms with Crippen molar-refractivity contribution in [1.82, 2.24) is 0 Å². The predicted octanol–water partition coefficient (Wildman–Crippen LogP) is -0.0282. The Morgan fingerprint density at radius 3 is 2.62 bits per heavy atom. The fraction of sp³-hybridized carbons (Fsp3) is 0.750. The number of nitrogens with two attached hydrogens (primary N) is 2. The van der Waals surface area contributed by atoms with Crippen LogP contribution in [0, 0.1) is 0 Å². The standard InChI is InChI=1S/C8H16N2O4S2/c9-5(7(11)12)1-3-15-16-4-2-6(10)8(13)14/h5-6H,1-4,9-10H2,(H,11,12)(H,13,14)/t5-,6?/m0/s1/i1D2,3D2,4D,5D/hD2/t4?,5-,6?. The van der Waals surface area contributed by atoms with Gasteiger partial charge in [-0.1, -0.05) is 21.6 Å². The van der Waals surface area contributed by atoms with Crippen molar-refractivity contribution in [2.45, 2.75) is 24.9 Å². The molecule has 0 bridgehead atoms. The van der Waals surface area contributed by atoms with Crippen molar-refractivity contribution >= 4 is 33.5 Å². The summed E-state index contributed by atoms with van der Waals surface area (Å²) in [6, 6.07) is -4.95. The summed E-state index contributed by atoms with van der Waals surface area (Å²) in [6.45, 7) is 0. The third-order valence-electron chi connectivity index (χ3n) is 1.20. The zero-order chi connectivity index (χ0) is 19.5. The monoisotopic (exact) mass is 276 g/mol. The van der Waals surface area contributed by atoms with Crippen LogP contribution >= 0.6 is 21.6 Å². The summed E-state index contributed by atoms with van der Waals surface area (Å²) in [4.78, 5) is 21.7. The zero-order valence-electron chi connectivity index (χ0n) is 15.9. The first kappa shape index (κ1) is 6.48. The number of carboxylic acids is 2. The summed E-state index contributed by atoms with van der Waals surface area (Å²) >= 11 is 0. The zero-order valence-corrected chi connectivity index (χ0v) is 9.55. The minimum Gasteiger partial charge on any atom is -0.480 e. The van der Waals surface area contributed by atoms with Gasteiger partial charge in [0.1, 0.15) is 14.9 Å². The molecule has 0 aromatic carbocycles. The van der Waals surface area contributed by atoms with E-state index in [1.54, 1.807) is 0 Å². The van der Waals surface area contributed by atoms with E-state index in [9.17, 15) is 9.59 Å². The molecule has 0 aliphatic heterocycles. The Morgan fingerprint density at radius 2 is 2.12 bits per heavy atom. The van der Waals surface area contributed by atoms with Crippen LogP contribution in [0.2, 0.25) is 2.82 Å². The Balaban J connectivity index is 5.22. The minimum atomic E-state index is -3.57. The highest BCUT2D eigenvalue weighted by Gasteiger charge is 2.12. The van der Waals surface area contributed by atoms with Crippen LogP contribution in [-0.2, 0) is 9.59 Å². The van der Waals surface area contributed by atoms with Crippen LogP contribution in [0.5, 0.6) is 0 Å². The first-order valence-corrected chi connectivity index (χ1v) is 6.09. The maximum atomic E-state index is 11.1. The average molecular weight is 276 g/mol. The molecule has 6 N–H and O–H groups in total. The van der Waals surface area contributed by atoms with Gasteiger partial charge in [-0.3, -0.25) is 9.59 Å². The molecule has 0 fully saturated rings. The molecule has 94 valence electrons. The fourth-order valence-electron chi connectivity index (χ4n) is 0.424. The van der Waals surface area contributed by atoms with Crippen molar-refractivity contribution in [2.24, 2.45) is 11.5 Å². The quantitative estimate of drug-likeness (QED) is 0.410. The van der Waals surface area contributed by atoms with Crippen molar-refractivity contribution in [3.8, 4) is 0 Å². The van der Waals surface area contributed by atoms with E-state index in [-0.39, 0.29) is 17.2 Å². The van der Waals surface area contributed by atoms with Crippen LogP contribution in [0.25, 0.3) is 0 Å². The average Bonchev–Trinajstić information content (AvgIpc) is 2.43. The van der Waals surface area contributed by atoms with Gasteiger partial charge in [0.25, 0.3) is 0 Å². The highest BCUT2D eigenvalue weighted by molar-refractivity contribution is 8.76. The molecular formula is C8H16N2O4S2. The summed E-state index contributed by atoms with van der Waals surface area (Å²) < 4.78 is 59.5. The Hall–Kier alpha value is -0.440. The molecule has 0 saturated carbocycles. The van der Waals surface area contributed by atoms with E-state index < -0.39 is 47.5 Å². The topological polar surface area (TPSA) is 127 Å². The molecular weight excluding hydrogens is 252 g/mol. The third-order valence-corrected chi connectivity index (χ3v) is 2.75. The summed E-state index contributed by atoms with van der Waals surface area (Å²) in [7, 11) is 0.475. The van der Waals surface area contributed by atoms with Gasteiger partial charge in [-0.05, 0) is 12.8 Å². The van der Waals surface area contributed by atoms with E-state index in [0.717, 1.165) is 0 Å². The van der Waals surface area contributed by atoms with E-state index >= 15 is 0 Å². The normalized spacial score (nSPS) is 27.6. The van der Waals surface area contributed by atoms with Crippen LogP contribution in [0.3, 0.4) is 0 Å². The number of hydrogen-bond donors (Lipinski definition) is 4. The smallest absolute Gasteiger partial charge is 0.320 e. The van der Waals surface area contributed by atoms with Crippen molar-refractivity contribution < 1.29 is 30.9 Å². The molecule has 2 unspecified atom stereocenters. The largest absolute Gasteiger partial charge is 0.480 e. The summed E-state index contributed by atoms with van der Waals surface area (Å²) in [5.41, 5.74) is 0.108. The van der Waals surface area contributed by atoms with Gasteiger partial charge in [-0.2, -0.15) is 0 Å². The lowest BCUT2D eigenvalue weighted by atomic mass is 10.2. The van der Waals surface area contributed by atoms with Gasteiger partial charge in [-0.15, -0.1) is 0 Å². The lowest BCUT2D eigenvalue weighted by Crippen LogP contribution is -2.30. The number of aliphatic carboxylic acids is 2. The second-order valence-electron chi connectivity index (χ2n) is 2.41. The van der Waals surface area contributed by atoms with Gasteiger partial charge in [0.15, 0.2) is 0 Å². The Kier molecular flexibility index (Phi) is 3.52. The van der Waals surface area contributed by atoms with E-state index in [0.29, 0.717) is 10.8 Å². The molecule has 6 nitrogen and oxygen atoms in total. The Morgan fingerprint density at radius 1 is 1.44 bits per heavy atom. The Bertz CT molecular complexity index is 485. The maximum Gasteiger partial charge on any atom is 0.320 e. The molecule has 0 aromatic heterocycles. The van der Waals surface area contributed by atoms with Crippen molar-refractivity contribution in [3.63, 3.8) is 0 Å². The van der Waals surface area contributed by atoms with Gasteiger partial charge < -0.3 is 21.7 Å². The second kappa shape index (κ2) is 8.68. The molecule has 0 aliphatic rings. The first-order chi connectivity index (χ1) is 10.6. The van der Waals surface area contributed by atoms with Gasteiger partial charge in [0, 0.05) is 18.3 Å². The van der Waals surface area contributed by atoms with E-state index in [1.165, 1.54) is 0 Å². The molecule has 8 heteroatoms. The molecule has 0 saturated heterocycles. The summed E-state index contributed by atoms with van der Waals surface area (Å²) in [5, 5.41) is 17.6. The van der Waals surface area contributed by atoms with Crippen molar-refractivity contribution in [3.05, 3.63) is 0 Å². The SMILES string of the molecule is [2H]C(CC(N)C(=O)O)SSC([2H])([2H])C([2H])([2H])[C@@]([2H])(C(=O)O)N([2H])[2H]. The van der Waals surface area contributed by atoms with Crippen LogP contribution in [0.1, 0.15) is 21.0 Å². The lowest BCUT2D eigenvalue weighted by Gasteiger charge is -2.06. The maximum absolute atomic E-state index is 11.1. The van der Waals surface area contributed by atoms with Crippen LogP contribution in [-0.4, -0.2) is 45.6 Å². The van der Waals surface area contributed by atoms with Gasteiger partial charge in [0.2, 0.25) is 0 Å². The van der Waals surface area contributed by atoms with E-state index in [1.807, 2.05) is 0 Å². The van der Waals surface area contributed by atoms with Crippen LogP contribution < -0.4 is 11.5 Å². The predicted molar refractivity (Wildman–Crippen MR) is 65.4 cm³/mol. The molecule has 0 spiro atoms. The van der Waals surface area contributed by atoms with Crippen molar-refractivity contribution in [1.29, 1.82) is 0 Å². The van der Waals surface area contributed by atoms with Crippen molar-refractivity contribution in [2.75, 3.05) is 11.4 Å². The molecule has 3 atom stereocenters. The van der Waals surface area contributed by atoms with E-state index in [4.69, 9.17) is 27.0 Å². The highest BCUT2D eigenvalue weighted by Crippen LogP contribution is 2.23. The number of carbonyl (C=O) groups is 2. The molecule has 16 heavy (non-hydrogen) atoms. The highest BCUT2D eigenvalue weighted by atomic mass is 33.1. The summed E-state index contributed by atoms with van der Waals surface area (Å²) in [6.07, 6.45) is -3.90. The van der Waals surface area contributed by atoms with Crippen LogP contribution in [0.15, 0.2) is 0 Å². The first-order valence-electron chi connectivity index (χ1n) is 7.85. The van der Waals surface area contributed by atoms with Gasteiger partial charge in [0.05, 0.1) is 1.37 Å². The number of carboxylic acid groups (broad SMARTS) is 2. The van der Waals surface area contributed by atoms with Gasteiger partial charge >= 0.3 is 11.9 Å². The number of hydrogen-bond acceptors (Lipinski definition) is 6. The second-order valence-corrected chi connectivity index (χ2v) is 4.38.